The van der Waals surface area contributed by atoms with Crippen LogP contribution in [0.5, 0.6) is 0 Å². The molecule has 0 atom stereocenters. The number of hydrogen-bond donors (Lipinski definition) is 3. The molecule has 16 heavy (non-hydrogen) atoms. The summed E-state index contributed by atoms with van der Waals surface area (Å²) in [6.07, 6.45) is 1.43. The van der Waals surface area contributed by atoms with Gasteiger partial charge in [-0.15, -0.1) is 0 Å². The van der Waals surface area contributed by atoms with Gasteiger partial charge in [-0.2, -0.15) is 5.10 Å². The van der Waals surface area contributed by atoms with Crippen LogP contribution in [0.2, 0.25) is 0 Å². The summed E-state index contributed by atoms with van der Waals surface area (Å²) in [5, 5.41) is 8.18. The van der Waals surface area contributed by atoms with Gasteiger partial charge in [-0.1, -0.05) is 0 Å². The van der Waals surface area contributed by atoms with Crippen molar-refractivity contribution in [3.8, 4) is 0 Å². The highest BCUT2D eigenvalue weighted by atomic mass is 16.2. The molecule has 4 N–H and O–H groups in total. The molecular weight excluding hydrogens is 208 g/mol. The molecule has 0 bridgehead atoms. The number of nitrogens with one attached hydrogen (secondary N) is 2. The third-order valence-corrected chi connectivity index (χ3v) is 2.66. The van der Waals surface area contributed by atoms with E-state index in [1.165, 1.54) is 6.20 Å². The lowest BCUT2D eigenvalue weighted by molar-refractivity contribution is 0.0658. The molecule has 1 fully saturated rings. The van der Waals surface area contributed by atoms with Crippen LogP contribution in [-0.4, -0.2) is 59.2 Å². The number of anilines is 1. The largest absolute Gasteiger partial charge is 0.396 e. The Hall–Kier alpha value is -1.60. The van der Waals surface area contributed by atoms with E-state index in [2.05, 4.69) is 27.6 Å². The number of hydrogen-bond acceptors (Lipinski definition) is 5. The van der Waals surface area contributed by atoms with Gasteiger partial charge in [0, 0.05) is 26.2 Å². The molecular formula is C9H16N6O. The van der Waals surface area contributed by atoms with Gasteiger partial charge in [-0.05, 0) is 7.05 Å². The second-order valence-electron chi connectivity index (χ2n) is 3.93. The van der Waals surface area contributed by atoms with E-state index in [9.17, 15) is 4.79 Å². The lowest BCUT2D eigenvalue weighted by atomic mass is 10.3. The van der Waals surface area contributed by atoms with E-state index < -0.39 is 0 Å². The quantitative estimate of drug-likeness (QED) is 0.592. The minimum absolute atomic E-state index is 0.237. The number of nitrogens with zero attached hydrogens (tertiary/aromatic N) is 3. The summed E-state index contributed by atoms with van der Waals surface area (Å²) in [5.41, 5.74) is 9.07. The Balaban J connectivity index is 1.91. The summed E-state index contributed by atoms with van der Waals surface area (Å²) in [7, 11) is 2.06. The molecule has 88 valence electrons. The van der Waals surface area contributed by atoms with Gasteiger partial charge >= 0.3 is 0 Å². The van der Waals surface area contributed by atoms with Crippen LogP contribution in [0.3, 0.4) is 0 Å². The lowest BCUT2D eigenvalue weighted by Gasteiger charge is -2.32. The first-order chi connectivity index (χ1) is 7.66. The number of amides is 1. The molecule has 2 rings (SSSR count). The number of aromatic amines is 1. The molecule has 0 radical (unpaired) electrons. The van der Waals surface area contributed by atoms with Gasteiger partial charge in [0.05, 0.1) is 11.9 Å². The van der Waals surface area contributed by atoms with E-state index in [4.69, 9.17) is 5.73 Å². The predicted molar refractivity (Wildman–Crippen MR) is 59.5 cm³/mol. The number of carbonyl (C=O) groups is 1. The summed E-state index contributed by atoms with van der Waals surface area (Å²) in [4.78, 5) is 14.0. The van der Waals surface area contributed by atoms with Crippen LogP contribution in [0, 0.1) is 0 Å². The Labute approximate surface area is 93.6 Å². The average molecular weight is 224 g/mol. The number of H-pyrrole nitrogens is 1. The van der Waals surface area contributed by atoms with Crippen molar-refractivity contribution in [3.05, 3.63) is 11.9 Å². The molecule has 1 aliphatic rings. The number of nitrogen functional groups attached to an aromatic ring is 1. The Bertz CT molecular complexity index is 368. The van der Waals surface area contributed by atoms with Crippen molar-refractivity contribution < 1.29 is 4.79 Å². The Morgan fingerprint density at radius 1 is 1.50 bits per heavy atom. The Morgan fingerprint density at radius 3 is 2.75 bits per heavy atom. The third-order valence-electron chi connectivity index (χ3n) is 2.66. The molecule has 0 unspecified atom stereocenters. The van der Waals surface area contributed by atoms with Gasteiger partial charge in [-0.25, -0.2) is 5.01 Å². The van der Waals surface area contributed by atoms with E-state index in [1.54, 1.807) is 0 Å². The number of carbonyl (C=O) groups excluding carboxylic acids is 1. The zero-order chi connectivity index (χ0) is 11.5. The molecule has 1 saturated heterocycles. The van der Waals surface area contributed by atoms with Crippen molar-refractivity contribution in [2.75, 3.05) is 39.0 Å². The lowest BCUT2D eigenvalue weighted by Crippen LogP contribution is -2.52. The fourth-order valence-electron chi connectivity index (χ4n) is 1.60. The maximum absolute atomic E-state index is 11.8. The SMILES string of the molecule is CN1CCN(NC(=O)c2[nH]ncc2N)CC1. The number of aromatic nitrogens is 2. The Kier molecular flexibility index (Phi) is 3.07. The highest BCUT2D eigenvalue weighted by molar-refractivity contribution is 5.96. The normalized spacial score (nSPS) is 18.6. The van der Waals surface area contributed by atoms with Gasteiger partial charge in [0.2, 0.25) is 0 Å². The van der Waals surface area contributed by atoms with Crippen LogP contribution in [0.15, 0.2) is 6.20 Å². The second kappa shape index (κ2) is 4.50. The highest BCUT2D eigenvalue weighted by Gasteiger charge is 2.18. The zero-order valence-corrected chi connectivity index (χ0v) is 9.23. The third kappa shape index (κ3) is 2.31. The van der Waals surface area contributed by atoms with Gasteiger partial charge in [0.15, 0.2) is 0 Å². The minimum atomic E-state index is -0.237. The minimum Gasteiger partial charge on any atom is -0.396 e. The van der Waals surface area contributed by atoms with Crippen molar-refractivity contribution in [1.29, 1.82) is 0 Å². The number of nitrogens with two attached hydrogens (primary N) is 1. The summed E-state index contributed by atoms with van der Waals surface area (Å²) >= 11 is 0. The average Bonchev–Trinajstić information content (AvgIpc) is 2.68. The van der Waals surface area contributed by atoms with Crippen molar-refractivity contribution in [2.24, 2.45) is 0 Å². The van der Waals surface area contributed by atoms with Crippen molar-refractivity contribution in [3.63, 3.8) is 0 Å². The molecule has 0 spiro atoms. The van der Waals surface area contributed by atoms with Gasteiger partial charge in [0.25, 0.3) is 5.91 Å². The number of piperazine rings is 1. The van der Waals surface area contributed by atoms with Gasteiger partial charge < -0.3 is 10.6 Å². The highest BCUT2D eigenvalue weighted by Crippen LogP contribution is 2.06. The van der Waals surface area contributed by atoms with E-state index in [1.807, 2.05) is 5.01 Å². The molecule has 1 aromatic heterocycles. The molecule has 0 aliphatic carbocycles. The molecule has 0 aromatic carbocycles. The number of rotatable bonds is 2. The molecule has 7 heteroatoms. The molecule has 1 aliphatic heterocycles. The van der Waals surface area contributed by atoms with Crippen LogP contribution >= 0.6 is 0 Å². The van der Waals surface area contributed by atoms with Gasteiger partial charge in [-0.3, -0.25) is 15.3 Å². The number of hydrazine groups is 1. The maximum Gasteiger partial charge on any atom is 0.285 e. The van der Waals surface area contributed by atoms with Crippen molar-refractivity contribution in [1.82, 2.24) is 25.5 Å². The van der Waals surface area contributed by atoms with Crippen LogP contribution in [0.1, 0.15) is 10.5 Å². The second-order valence-corrected chi connectivity index (χ2v) is 3.93. The summed E-state index contributed by atoms with van der Waals surface area (Å²) in [6, 6.07) is 0. The van der Waals surface area contributed by atoms with E-state index in [0.29, 0.717) is 11.4 Å². The fourth-order valence-corrected chi connectivity index (χ4v) is 1.60. The molecule has 7 nitrogen and oxygen atoms in total. The molecule has 0 saturated carbocycles. The summed E-state index contributed by atoms with van der Waals surface area (Å²) < 4.78 is 0. The van der Waals surface area contributed by atoms with E-state index >= 15 is 0 Å². The topological polar surface area (TPSA) is 90.3 Å². The first kappa shape index (κ1) is 10.9. The van der Waals surface area contributed by atoms with Gasteiger partial charge in [0.1, 0.15) is 5.69 Å². The van der Waals surface area contributed by atoms with E-state index in [0.717, 1.165) is 26.2 Å². The van der Waals surface area contributed by atoms with Crippen molar-refractivity contribution in [2.45, 2.75) is 0 Å². The standard InChI is InChI=1S/C9H16N6O/c1-14-2-4-15(5-3-14)13-9(16)8-7(10)6-11-12-8/h6H,2-5,10H2,1H3,(H,11,12)(H,13,16). The molecule has 1 aromatic rings. The number of likely N-dealkylation sites (N-methyl/N-ethyl adjacent to an activating group) is 1. The Morgan fingerprint density at radius 2 is 2.19 bits per heavy atom. The molecule has 1 amide bonds. The molecule has 2 heterocycles. The van der Waals surface area contributed by atoms with Crippen LogP contribution < -0.4 is 11.2 Å². The van der Waals surface area contributed by atoms with Crippen LogP contribution in [0.25, 0.3) is 0 Å². The smallest absolute Gasteiger partial charge is 0.285 e. The first-order valence-electron chi connectivity index (χ1n) is 5.20. The van der Waals surface area contributed by atoms with Crippen LogP contribution in [0.4, 0.5) is 5.69 Å². The van der Waals surface area contributed by atoms with Crippen LogP contribution in [-0.2, 0) is 0 Å². The first-order valence-corrected chi connectivity index (χ1v) is 5.20. The summed E-state index contributed by atoms with van der Waals surface area (Å²) in [6.45, 7) is 3.52. The monoisotopic (exact) mass is 224 g/mol. The fraction of sp³-hybridized carbons (Fsp3) is 0.556. The van der Waals surface area contributed by atoms with Crippen molar-refractivity contribution >= 4 is 11.6 Å². The summed E-state index contributed by atoms with van der Waals surface area (Å²) in [5.74, 6) is -0.237. The zero-order valence-electron chi connectivity index (χ0n) is 9.23. The predicted octanol–water partition coefficient (Wildman–Crippen LogP) is -1.12. The maximum atomic E-state index is 11.8. The van der Waals surface area contributed by atoms with E-state index in [-0.39, 0.29) is 5.91 Å².